The van der Waals surface area contributed by atoms with Gasteiger partial charge in [0.1, 0.15) is 6.07 Å². The molecule has 0 amide bonds. The van der Waals surface area contributed by atoms with Crippen LogP contribution in [-0.2, 0) is 0 Å². The first-order valence-corrected chi connectivity index (χ1v) is 5.87. The van der Waals surface area contributed by atoms with E-state index in [0.717, 1.165) is 0 Å². The number of rotatable bonds is 3. The third-order valence-electron chi connectivity index (χ3n) is 2.24. The van der Waals surface area contributed by atoms with E-state index in [1.807, 2.05) is 6.07 Å². The molecule has 1 aromatic heterocycles. The number of nitro benzene ring substituents is 1. The summed E-state index contributed by atoms with van der Waals surface area (Å²) in [6, 6.07) is 7.81. The van der Waals surface area contributed by atoms with Gasteiger partial charge < -0.3 is 4.74 Å². The molecule has 1 heterocycles. The van der Waals surface area contributed by atoms with Crippen LogP contribution in [0.15, 0.2) is 41.1 Å². The van der Waals surface area contributed by atoms with Crippen molar-refractivity contribution in [3.8, 4) is 17.6 Å². The molecular formula is C12H6BrN3O3. The molecule has 94 valence electrons. The van der Waals surface area contributed by atoms with E-state index in [0.29, 0.717) is 4.47 Å². The Kier molecular flexibility index (Phi) is 3.73. The predicted molar refractivity (Wildman–Crippen MR) is 69.8 cm³/mol. The first-order chi connectivity index (χ1) is 9.11. The van der Waals surface area contributed by atoms with Crippen molar-refractivity contribution in [1.29, 1.82) is 5.26 Å². The molecule has 7 heteroatoms. The molecule has 0 bridgehead atoms. The molecule has 0 radical (unpaired) electrons. The van der Waals surface area contributed by atoms with Crippen LogP contribution in [0.25, 0.3) is 0 Å². The lowest BCUT2D eigenvalue weighted by molar-refractivity contribution is -0.385. The molecule has 2 rings (SSSR count). The molecule has 0 aliphatic heterocycles. The van der Waals surface area contributed by atoms with Gasteiger partial charge in [0, 0.05) is 16.7 Å². The van der Waals surface area contributed by atoms with Crippen molar-refractivity contribution < 1.29 is 9.66 Å². The van der Waals surface area contributed by atoms with Crippen molar-refractivity contribution in [3.63, 3.8) is 0 Å². The zero-order valence-corrected chi connectivity index (χ0v) is 11.0. The third-order valence-corrected chi connectivity index (χ3v) is 2.74. The molecule has 0 atom stereocenters. The Morgan fingerprint density at radius 3 is 2.84 bits per heavy atom. The van der Waals surface area contributed by atoms with Gasteiger partial charge in [-0.1, -0.05) is 15.9 Å². The van der Waals surface area contributed by atoms with Gasteiger partial charge in [0.25, 0.3) is 0 Å². The lowest BCUT2D eigenvalue weighted by Crippen LogP contribution is -1.95. The van der Waals surface area contributed by atoms with Crippen LogP contribution >= 0.6 is 15.9 Å². The zero-order chi connectivity index (χ0) is 13.8. The monoisotopic (exact) mass is 319 g/mol. The summed E-state index contributed by atoms with van der Waals surface area (Å²) in [6.45, 7) is 0. The highest BCUT2D eigenvalue weighted by molar-refractivity contribution is 9.10. The average molecular weight is 320 g/mol. The zero-order valence-electron chi connectivity index (χ0n) is 9.41. The molecule has 1 aromatic carbocycles. The molecule has 0 aliphatic carbocycles. The van der Waals surface area contributed by atoms with Crippen LogP contribution in [0.5, 0.6) is 11.5 Å². The smallest absolute Gasteiger partial charge is 0.312 e. The van der Waals surface area contributed by atoms with Gasteiger partial charge >= 0.3 is 5.69 Å². The molecule has 0 aliphatic rings. The standard InChI is InChI=1S/C12H6BrN3O3/c13-9-1-2-11(10(5-9)16(17)18)19-12-7-15-4-3-8(12)6-14/h1-5,7H. The molecule has 6 nitrogen and oxygen atoms in total. The van der Waals surface area contributed by atoms with Crippen molar-refractivity contribution in [2.24, 2.45) is 0 Å². The van der Waals surface area contributed by atoms with E-state index >= 15 is 0 Å². The van der Waals surface area contributed by atoms with Crippen LogP contribution in [-0.4, -0.2) is 9.91 Å². The van der Waals surface area contributed by atoms with Gasteiger partial charge in [-0.2, -0.15) is 5.26 Å². The van der Waals surface area contributed by atoms with Crippen molar-refractivity contribution in [1.82, 2.24) is 4.98 Å². The van der Waals surface area contributed by atoms with Crippen molar-refractivity contribution >= 4 is 21.6 Å². The number of pyridine rings is 1. The molecule has 19 heavy (non-hydrogen) atoms. The second kappa shape index (κ2) is 5.46. The molecule has 0 N–H and O–H groups in total. The Hall–Kier alpha value is -2.46. The number of halogens is 1. The summed E-state index contributed by atoms with van der Waals surface area (Å²) in [7, 11) is 0. The number of hydrogen-bond donors (Lipinski definition) is 0. The topological polar surface area (TPSA) is 89.0 Å². The molecule has 0 saturated heterocycles. The van der Waals surface area contributed by atoms with Gasteiger partial charge in [0.05, 0.1) is 16.7 Å². The molecular weight excluding hydrogens is 314 g/mol. The van der Waals surface area contributed by atoms with Gasteiger partial charge in [-0.15, -0.1) is 0 Å². The Labute approximate surface area is 116 Å². The quantitative estimate of drug-likeness (QED) is 0.638. The van der Waals surface area contributed by atoms with Crippen LogP contribution in [0, 0.1) is 21.4 Å². The molecule has 0 unspecified atom stereocenters. The highest BCUT2D eigenvalue weighted by Crippen LogP contribution is 2.34. The molecule has 0 saturated carbocycles. The SMILES string of the molecule is N#Cc1ccncc1Oc1ccc(Br)cc1[N+](=O)[O-]. The minimum atomic E-state index is -0.553. The maximum Gasteiger partial charge on any atom is 0.312 e. The highest BCUT2D eigenvalue weighted by Gasteiger charge is 2.17. The Morgan fingerprint density at radius 2 is 2.16 bits per heavy atom. The summed E-state index contributed by atoms with van der Waals surface area (Å²) < 4.78 is 5.97. The van der Waals surface area contributed by atoms with Gasteiger partial charge in [0.15, 0.2) is 5.75 Å². The summed E-state index contributed by atoms with van der Waals surface area (Å²) >= 11 is 3.15. The number of ether oxygens (including phenoxy) is 1. The fourth-order valence-electron chi connectivity index (χ4n) is 1.39. The van der Waals surface area contributed by atoms with Gasteiger partial charge in [-0.25, -0.2) is 0 Å². The number of nitriles is 1. The van der Waals surface area contributed by atoms with Crippen LogP contribution in [0.2, 0.25) is 0 Å². The van der Waals surface area contributed by atoms with Crippen molar-refractivity contribution in [2.45, 2.75) is 0 Å². The number of benzene rings is 1. The number of nitrogens with zero attached hydrogens (tertiary/aromatic N) is 3. The maximum absolute atomic E-state index is 10.9. The first kappa shape index (κ1) is 13.0. The average Bonchev–Trinajstić information content (AvgIpc) is 2.41. The predicted octanol–water partition coefficient (Wildman–Crippen LogP) is 3.42. The summed E-state index contributed by atoms with van der Waals surface area (Å²) in [5.74, 6) is 0.230. The molecule has 0 fully saturated rings. The van der Waals surface area contributed by atoms with E-state index in [-0.39, 0.29) is 22.7 Å². The Bertz CT molecular complexity index is 682. The summed E-state index contributed by atoms with van der Waals surface area (Å²) in [5.41, 5.74) is 0.0642. The lowest BCUT2D eigenvalue weighted by Gasteiger charge is -2.07. The van der Waals surface area contributed by atoms with E-state index in [1.54, 1.807) is 6.07 Å². The van der Waals surface area contributed by atoms with Crippen LogP contribution in [0.1, 0.15) is 5.56 Å². The number of nitro groups is 1. The van der Waals surface area contributed by atoms with E-state index in [2.05, 4.69) is 20.9 Å². The van der Waals surface area contributed by atoms with E-state index in [4.69, 9.17) is 10.00 Å². The van der Waals surface area contributed by atoms with E-state index < -0.39 is 4.92 Å². The van der Waals surface area contributed by atoms with E-state index in [9.17, 15) is 10.1 Å². The number of hydrogen-bond acceptors (Lipinski definition) is 5. The van der Waals surface area contributed by atoms with E-state index in [1.165, 1.54) is 30.6 Å². The molecule has 2 aromatic rings. The normalized spacial score (nSPS) is 9.68. The maximum atomic E-state index is 10.9. The largest absolute Gasteiger partial charge is 0.447 e. The summed E-state index contributed by atoms with van der Waals surface area (Å²) in [5, 5.41) is 19.9. The third kappa shape index (κ3) is 2.86. The van der Waals surface area contributed by atoms with Crippen LogP contribution in [0.3, 0.4) is 0 Å². The fraction of sp³-hybridized carbons (Fsp3) is 0. The highest BCUT2D eigenvalue weighted by atomic mass is 79.9. The van der Waals surface area contributed by atoms with Crippen molar-refractivity contribution in [3.05, 3.63) is 56.8 Å². The number of aromatic nitrogens is 1. The van der Waals surface area contributed by atoms with Crippen molar-refractivity contribution in [2.75, 3.05) is 0 Å². The Balaban J connectivity index is 2.44. The summed E-state index contributed by atoms with van der Waals surface area (Å²) in [4.78, 5) is 14.2. The lowest BCUT2D eigenvalue weighted by atomic mass is 10.2. The van der Waals surface area contributed by atoms with Gasteiger partial charge in [-0.3, -0.25) is 15.1 Å². The van der Waals surface area contributed by atoms with Gasteiger partial charge in [0.2, 0.25) is 5.75 Å². The Morgan fingerprint density at radius 1 is 1.37 bits per heavy atom. The minimum Gasteiger partial charge on any atom is -0.447 e. The summed E-state index contributed by atoms with van der Waals surface area (Å²) in [6.07, 6.45) is 2.78. The minimum absolute atomic E-state index is 0.0534. The van der Waals surface area contributed by atoms with Gasteiger partial charge in [-0.05, 0) is 18.2 Å². The van der Waals surface area contributed by atoms with Crippen LogP contribution < -0.4 is 4.74 Å². The second-order valence-electron chi connectivity index (χ2n) is 3.45. The van der Waals surface area contributed by atoms with Crippen LogP contribution in [0.4, 0.5) is 5.69 Å². The second-order valence-corrected chi connectivity index (χ2v) is 4.37. The fourth-order valence-corrected chi connectivity index (χ4v) is 1.74. The molecule has 0 spiro atoms. The first-order valence-electron chi connectivity index (χ1n) is 5.07.